The second-order valence-electron chi connectivity index (χ2n) is 11.3. The van der Waals surface area contributed by atoms with Gasteiger partial charge in [0.15, 0.2) is 5.69 Å². The molecule has 1 amide bonds. The predicted octanol–water partition coefficient (Wildman–Crippen LogP) is 5.60. The van der Waals surface area contributed by atoms with E-state index in [0.29, 0.717) is 19.7 Å². The van der Waals surface area contributed by atoms with E-state index in [9.17, 15) is 18.0 Å². The molecule has 0 N–H and O–H groups in total. The Morgan fingerprint density at radius 2 is 1.76 bits per heavy atom. The zero-order valence-electron chi connectivity index (χ0n) is 23.4. The first-order valence-electron chi connectivity index (χ1n) is 14.5. The highest BCUT2D eigenvalue weighted by Gasteiger charge is 2.37. The molecule has 0 saturated carbocycles. The van der Waals surface area contributed by atoms with Gasteiger partial charge in [-0.3, -0.25) is 19.4 Å². The molecular weight excluding hydrogens is 531 g/mol. The van der Waals surface area contributed by atoms with Gasteiger partial charge in [-0.25, -0.2) is 0 Å². The van der Waals surface area contributed by atoms with Gasteiger partial charge in [-0.05, 0) is 72.9 Å². The number of benzene rings is 1. The SMILES string of the molecule is O=C(CCn1ccc(C(F)(F)F)n1)N1CCC2(CCCCc3ccccc3OCCN(Cc3ccncc3)C2)CC1. The summed E-state index contributed by atoms with van der Waals surface area (Å²) in [5.41, 5.74) is 1.62. The van der Waals surface area contributed by atoms with E-state index in [0.717, 1.165) is 70.0 Å². The Morgan fingerprint density at radius 1 is 0.976 bits per heavy atom. The number of carbonyl (C=O) groups is 1. The Labute approximate surface area is 239 Å². The Balaban J connectivity index is 1.23. The quantitative estimate of drug-likeness (QED) is 0.400. The molecule has 41 heavy (non-hydrogen) atoms. The van der Waals surface area contributed by atoms with Crippen molar-refractivity contribution in [3.05, 3.63) is 77.9 Å². The molecule has 10 heteroatoms. The van der Waals surface area contributed by atoms with E-state index < -0.39 is 11.9 Å². The molecule has 5 rings (SSSR count). The first kappa shape index (κ1) is 29.1. The molecule has 1 aromatic carbocycles. The number of likely N-dealkylation sites (tertiary alicyclic amines) is 1. The van der Waals surface area contributed by atoms with E-state index in [2.05, 4.69) is 45.3 Å². The molecule has 4 heterocycles. The summed E-state index contributed by atoms with van der Waals surface area (Å²) in [6.07, 6.45) is 6.67. The van der Waals surface area contributed by atoms with Gasteiger partial charge in [-0.1, -0.05) is 24.6 Å². The molecule has 7 nitrogen and oxygen atoms in total. The largest absolute Gasteiger partial charge is 0.492 e. The highest BCUT2D eigenvalue weighted by atomic mass is 19.4. The molecule has 2 aliphatic heterocycles. The molecule has 0 bridgehead atoms. The van der Waals surface area contributed by atoms with Gasteiger partial charge in [-0.15, -0.1) is 0 Å². The smallest absolute Gasteiger partial charge is 0.435 e. The number of piperidine rings is 1. The third-order valence-electron chi connectivity index (χ3n) is 8.42. The summed E-state index contributed by atoms with van der Waals surface area (Å²) in [7, 11) is 0. The van der Waals surface area contributed by atoms with E-state index >= 15 is 0 Å². The number of ether oxygens (including phenoxy) is 1. The minimum Gasteiger partial charge on any atom is -0.492 e. The van der Waals surface area contributed by atoms with Gasteiger partial charge in [0, 0.05) is 64.3 Å². The van der Waals surface area contributed by atoms with Crippen molar-refractivity contribution in [2.75, 3.05) is 32.8 Å². The summed E-state index contributed by atoms with van der Waals surface area (Å²) in [5, 5.41) is 3.58. The predicted molar refractivity (Wildman–Crippen MR) is 149 cm³/mol. The van der Waals surface area contributed by atoms with Gasteiger partial charge in [0.25, 0.3) is 0 Å². The van der Waals surface area contributed by atoms with E-state index in [1.54, 1.807) is 0 Å². The van der Waals surface area contributed by atoms with E-state index in [4.69, 9.17) is 4.74 Å². The molecule has 0 unspecified atom stereocenters. The van der Waals surface area contributed by atoms with Crippen molar-refractivity contribution in [2.45, 2.75) is 64.2 Å². The second kappa shape index (κ2) is 13.1. The van der Waals surface area contributed by atoms with Crippen molar-refractivity contribution in [3.63, 3.8) is 0 Å². The van der Waals surface area contributed by atoms with E-state index in [1.807, 2.05) is 23.4 Å². The molecule has 0 aliphatic carbocycles. The maximum absolute atomic E-state index is 13.0. The maximum Gasteiger partial charge on any atom is 0.435 e. The van der Waals surface area contributed by atoms with Gasteiger partial charge < -0.3 is 9.64 Å². The number of alkyl halides is 3. The van der Waals surface area contributed by atoms with Crippen LogP contribution in [0.15, 0.2) is 61.1 Å². The van der Waals surface area contributed by atoms with E-state index in [-0.39, 0.29) is 24.3 Å². The number of carbonyl (C=O) groups excluding carboxylic acids is 1. The molecule has 1 fully saturated rings. The fraction of sp³-hybridized carbons (Fsp3) is 0.516. The summed E-state index contributed by atoms with van der Waals surface area (Å²) < 4.78 is 46.0. The van der Waals surface area contributed by atoms with Gasteiger partial charge in [0.2, 0.25) is 5.91 Å². The Bertz CT molecular complexity index is 1270. The van der Waals surface area contributed by atoms with Gasteiger partial charge in [0.1, 0.15) is 12.4 Å². The van der Waals surface area contributed by atoms with Crippen molar-refractivity contribution < 1.29 is 22.7 Å². The minimum absolute atomic E-state index is 0.0317. The molecule has 1 spiro atoms. The molecular formula is C31H38F3N5O2. The van der Waals surface area contributed by atoms with Crippen molar-refractivity contribution in [2.24, 2.45) is 5.41 Å². The third-order valence-corrected chi connectivity index (χ3v) is 8.42. The Morgan fingerprint density at radius 3 is 2.51 bits per heavy atom. The fourth-order valence-corrected chi connectivity index (χ4v) is 6.11. The first-order chi connectivity index (χ1) is 19.8. The summed E-state index contributed by atoms with van der Waals surface area (Å²) in [6.45, 7) is 4.59. The van der Waals surface area contributed by atoms with Crippen molar-refractivity contribution in [3.8, 4) is 5.75 Å². The first-order valence-corrected chi connectivity index (χ1v) is 14.5. The number of fused-ring (bicyclic) bond motifs is 1. The average molecular weight is 570 g/mol. The summed E-state index contributed by atoms with van der Waals surface area (Å²) in [6, 6.07) is 13.4. The second-order valence-corrected chi connectivity index (χ2v) is 11.3. The zero-order chi connectivity index (χ0) is 28.7. The number of aryl methyl sites for hydroxylation is 2. The van der Waals surface area contributed by atoms with Crippen LogP contribution in [0, 0.1) is 5.41 Å². The number of nitrogens with zero attached hydrogens (tertiary/aromatic N) is 5. The van der Waals surface area contributed by atoms with Crippen molar-refractivity contribution in [1.82, 2.24) is 24.6 Å². The molecule has 2 aromatic heterocycles. The monoisotopic (exact) mass is 569 g/mol. The van der Waals surface area contributed by atoms with Gasteiger partial charge >= 0.3 is 6.18 Å². The molecule has 1 saturated heterocycles. The fourth-order valence-electron chi connectivity index (χ4n) is 6.11. The van der Waals surface area contributed by atoms with Crippen LogP contribution in [0.3, 0.4) is 0 Å². The normalized spacial score (nSPS) is 18.7. The summed E-state index contributed by atoms with van der Waals surface area (Å²) >= 11 is 0. The lowest BCUT2D eigenvalue weighted by Gasteiger charge is -2.45. The third kappa shape index (κ3) is 7.87. The molecule has 2 aliphatic rings. The van der Waals surface area contributed by atoms with Crippen LogP contribution in [0.25, 0.3) is 0 Å². The average Bonchev–Trinajstić information content (AvgIpc) is 3.45. The topological polar surface area (TPSA) is 63.5 Å². The number of pyridine rings is 1. The molecule has 0 atom stereocenters. The number of amides is 1. The number of aromatic nitrogens is 3. The van der Waals surface area contributed by atoms with Gasteiger partial charge in [-0.2, -0.15) is 18.3 Å². The lowest BCUT2D eigenvalue weighted by atomic mass is 9.73. The van der Waals surface area contributed by atoms with Crippen molar-refractivity contribution >= 4 is 5.91 Å². The van der Waals surface area contributed by atoms with Crippen LogP contribution in [0.5, 0.6) is 5.75 Å². The number of para-hydroxylation sites is 1. The summed E-state index contributed by atoms with van der Waals surface area (Å²) in [5.74, 6) is 0.943. The van der Waals surface area contributed by atoms with Crippen LogP contribution in [0.4, 0.5) is 13.2 Å². The highest BCUT2D eigenvalue weighted by molar-refractivity contribution is 5.76. The lowest BCUT2D eigenvalue weighted by molar-refractivity contribution is -0.141. The lowest BCUT2D eigenvalue weighted by Crippen LogP contribution is -2.48. The number of rotatable bonds is 5. The molecule has 3 aromatic rings. The number of halogens is 3. The van der Waals surface area contributed by atoms with Crippen molar-refractivity contribution in [1.29, 1.82) is 0 Å². The van der Waals surface area contributed by atoms with Crippen LogP contribution in [-0.4, -0.2) is 63.3 Å². The molecule has 220 valence electrons. The van der Waals surface area contributed by atoms with Crippen LogP contribution in [0.2, 0.25) is 0 Å². The summed E-state index contributed by atoms with van der Waals surface area (Å²) in [4.78, 5) is 21.5. The van der Waals surface area contributed by atoms with Crippen LogP contribution >= 0.6 is 0 Å². The standard InChI is InChI=1S/C31H38F3N5O2/c32-31(33,34)28-10-17-39(36-28)18-11-29(40)38-19-13-30(14-20-38)12-4-3-6-26-5-1-2-7-27(26)41-22-21-37(24-30)23-25-8-15-35-16-9-25/h1-2,5,7-10,15-17H,3-4,6,11-14,18-24H2. The van der Waals surface area contributed by atoms with Gasteiger partial charge in [0.05, 0.1) is 0 Å². The maximum atomic E-state index is 13.0. The zero-order valence-corrected chi connectivity index (χ0v) is 23.4. The number of hydrogen-bond acceptors (Lipinski definition) is 5. The Kier molecular flexibility index (Phi) is 9.27. The molecule has 0 radical (unpaired) electrons. The highest BCUT2D eigenvalue weighted by Crippen LogP contribution is 2.39. The van der Waals surface area contributed by atoms with Crippen LogP contribution in [-0.2, 0) is 30.5 Å². The minimum atomic E-state index is -4.48. The Hall–Kier alpha value is -3.40. The van der Waals surface area contributed by atoms with E-state index in [1.165, 1.54) is 22.0 Å². The van der Waals surface area contributed by atoms with Crippen LogP contribution < -0.4 is 4.74 Å². The van der Waals surface area contributed by atoms with Crippen LogP contribution in [0.1, 0.15) is 55.3 Å². The number of hydrogen-bond donors (Lipinski definition) is 0.